The fourth-order valence-corrected chi connectivity index (χ4v) is 4.78. The maximum atomic E-state index is 13.4. The van der Waals surface area contributed by atoms with Crippen LogP contribution in [0.4, 0.5) is 10.7 Å². The Morgan fingerprint density at radius 2 is 1.91 bits per heavy atom. The van der Waals surface area contributed by atoms with Crippen molar-refractivity contribution in [3.05, 3.63) is 46.2 Å². The molecular formula is C25H32N6O3S. The van der Waals surface area contributed by atoms with Gasteiger partial charge in [0, 0.05) is 37.4 Å². The van der Waals surface area contributed by atoms with E-state index >= 15 is 0 Å². The molecule has 2 amide bonds. The molecule has 4 rings (SSSR count). The quantitative estimate of drug-likeness (QED) is 0.552. The van der Waals surface area contributed by atoms with Gasteiger partial charge in [0.05, 0.1) is 22.3 Å². The Labute approximate surface area is 209 Å². The molecule has 4 heterocycles. The molecular weight excluding hydrogens is 464 g/mol. The Kier molecular flexibility index (Phi) is 6.68. The summed E-state index contributed by atoms with van der Waals surface area (Å²) in [6.07, 6.45) is 3.23. The molecule has 35 heavy (non-hydrogen) atoms. The lowest BCUT2D eigenvalue weighted by Crippen LogP contribution is -2.61. The number of aromatic nitrogens is 3. The van der Waals surface area contributed by atoms with E-state index in [0.717, 1.165) is 26.2 Å². The number of fused-ring (bicyclic) bond motifs is 1. The zero-order valence-corrected chi connectivity index (χ0v) is 22.1. The highest BCUT2D eigenvalue weighted by molar-refractivity contribution is 7.19. The number of rotatable bonds is 5. The number of amides is 2. The lowest BCUT2D eigenvalue weighted by atomic mass is 10.1. The fourth-order valence-electron chi connectivity index (χ4n) is 3.85. The number of hydrogen-bond donors (Lipinski definition) is 1. The molecule has 10 heteroatoms. The number of carbonyl (C=O) groups excluding carboxylic acids is 2. The minimum atomic E-state index is -0.566. The second-order valence-corrected chi connectivity index (χ2v) is 11.3. The van der Waals surface area contributed by atoms with Crippen LogP contribution in [-0.2, 0) is 4.74 Å². The molecule has 0 aliphatic carbocycles. The Hall–Kier alpha value is -3.27. The topological polar surface area (TPSA) is 101 Å². The maximum Gasteiger partial charge on any atom is 0.410 e. The van der Waals surface area contributed by atoms with E-state index in [-0.39, 0.29) is 24.1 Å². The predicted molar refractivity (Wildman–Crippen MR) is 137 cm³/mol. The standard InChI is InChI=1S/C25H32N6O3S/c1-14-8-17(11-26-10-14)16(3)27-23-28-19-9-15(2)35-21(19)20(29-23)22(32)31-12-18(13-31)30(7)24(33)34-25(4,5)6/h8-11,16,18H,12-13H2,1-7H3,(H,27,28,29). The molecule has 1 unspecified atom stereocenters. The number of anilines is 1. The molecule has 9 nitrogen and oxygen atoms in total. The van der Waals surface area contributed by atoms with Gasteiger partial charge in [-0.15, -0.1) is 11.3 Å². The third-order valence-corrected chi connectivity index (χ3v) is 6.86. The molecule has 1 saturated heterocycles. The highest BCUT2D eigenvalue weighted by Gasteiger charge is 2.38. The van der Waals surface area contributed by atoms with Crippen molar-refractivity contribution in [2.75, 3.05) is 25.5 Å². The van der Waals surface area contributed by atoms with Crippen LogP contribution < -0.4 is 5.32 Å². The molecule has 1 atom stereocenters. The zero-order chi connectivity index (χ0) is 25.5. The van der Waals surface area contributed by atoms with Crippen molar-refractivity contribution >= 4 is 39.5 Å². The normalized spacial score (nSPS) is 15.0. The van der Waals surface area contributed by atoms with E-state index in [0.29, 0.717) is 24.7 Å². The Bertz CT molecular complexity index is 1260. The molecule has 3 aromatic rings. The summed E-state index contributed by atoms with van der Waals surface area (Å²) in [6, 6.07) is 3.85. The van der Waals surface area contributed by atoms with Crippen molar-refractivity contribution in [2.45, 2.75) is 59.2 Å². The van der Waals surface area contributed by atoms with E-state index in [1.165, 1.54) is 11.3 Å². The minimum absolute atomic E-state index is 0.0848. The van der Waals surface area contributed by atoms with E-state index < -0.39 is 5.60 Å². The SMILES string of the molecule is Cc1cncc(C(C)Nc2nc(C(=O)N3CC(N(C)C(=O)OC(C)(C)C)C3)c3sc(C)cc3n2)c1. The first-order valence-electron chi connectivity index (χ1n) is 11.6. The first-order chi connectivity index (χ1) is 16.4. The van der Waals surface area contributed by atoms with E-state index in [2.05, 4.69) is 26.3 Å². The summed E-state index contributed by atoms with van der Waals surface area (Å²) in [7, 11) is 1.70. The number of nitrogens with one attached hydrogen (secondary N) is 1. The molecule has 1 aliphatic heterocycles. The smallest absolute Gasteiger partial charge is 0.410 e. The lowest BCUT2D eigenvalue weighted by Gasteiger charge is -2.43. The van der Waals surface area contributed by atoms with Crippen molar-refractivity contribution in [3.63, 3.8) is 0 Å². The van der Waals surface area contributed by atoms with Crippen molar-refractivity contribution in [1.29, 1.82) is 0 Å². The van der Waals surface area contributed by atoms with Crippen molar-refractivity contribution < 1.29 is 14.3 Å². The number of pyridine rings is 1. The molecule has 0 radical (unpaired) electrons. The number of likely N-dealkylation sites (tertiary alicyclic amines) is 1. The molecule has 0 saturated carbocycles. The summed E-state index contributed by atoms with van der Waals surface area (Å²) in [5, 5.41) is 3.32. The first kappa shape index (κ1) is 24.8. The third kappa shape index (κ3) is 5.53. The highest BCUT2D eigenvalue weighted by Crippen LogP contribution is 2.30. The average Bonchev–Trinajstić information content (AvgIpc) is 3.10. The maximum absolute atomic E-state index is 13.4. The molecule has 1 aliphatic rings. The van der Waals surface area contributed by atoms with Gasteiger partial charge in [0.1, 0.15) is 5.60 Å². The Balaban J connectivity index is 1.52. The van der Waals surface area contributed by atoms with Crippen LogP contribution in [0.2, 0.25) is 0 Å². The summed E-state index contributed by atoms with van der Waals surface area (Å²) >= 11 is 1.51. The van der Waals surface area contributed by atoms with Crippen LogP contribution in [0.5, 0.6) is 0 Å². The van der Waals surface area contributed by atoms with Gasteiger partial charge in [-0.3, -0.25) is 9.78 Å². The number of likely N-dealkylation sites (N-methyl/N-ethyl adjacent to an activating group) is 1. The number of ether oxygens (including phenoxy) is 1. The summed E-state index contributed by atoms with van der Waals surface area (Å²) < 4.78 is 6.22. The van der Waals surface area contributed by atoms with Crippen LogP contribution in [0.1, 0.15) is 60.2 Å². The van der Waals surface area contributed by atoms with Gasteiger partial charge >= 0.3 is 6.09 Å². The fraction of sp³-hybridized carbons (Fsp3) is 0.480. The first-order valence-corrected chi connectivity index (χ1v) is 12.4. The van der Waals surface area contributed by atoms with Crippen molar-refractivity contribution in [2.24, 2.45) is 0 Å². The molecule has 3 aromatic heterocycles. The molecule has 0 aromatic carbocycles. The van der Waals surface area contributed by atoms with E-state index in [9.17, 15) is 9.59 Å². The summed E-state index contributed by atoms with van der Waals surface area (Å²) in [4.78, 5) is 43.7. The van der Waals surface area contributed by atoms with Gasteiger partial charge in [0.2, 0.25) is 5.95 Å². The number of carbonyl (C=O) groups is 2. The lowest BCUT2D eigenvalue weighted by molar-refractivity contribution is -0.00214. The number of aryl methyl sites for hydroxylation is 2. The molecule has 1 fully saturated rings. The largest absolute Gasteiger partial charge is 0.444 e. The Morgan fingerprint density at radius 1 is 1.20 bits per heavy atom. The van der Waals surface area contributed by atoms with Gasteiger partial charge in [-0.05, 0) is 58.7 Å². The number of nitrogens with zero attached hydrogens (tertiary/aromatic N) is 5. The van der Waals surface area contributed by atoms with Gasteiger partial charge in [0.25, 0.3) is 5.91 Å². The number of thiophene rings is 1. The molecule has 0 spiro atoms. The van der Waals surface area contributed by atoms with E-state index in [4.69, 9.17) is 4.74 Å². The van der Waals surface area contributed by atoms with Gasteiger partial charge in [0.15, 0.2) is 5.69 Å². The van der Waals surface area contributed by atoms with E-state index in [1.807, 2.05) is 60.0 Å². The molecule has 0 bridgehead atoms. The van der Waals surface area contributed by atoms with Gasteiger partial charge in [-0.25, -0.2) is 14.8 Å². The van der Waals surface area contributed by atoms with Crippen LogP contribution in [0, 0.1) is 13.8 Å². The van der Waals surface area contributed by atoms with Crippen molar-refractivity contribution in [3.8, 4) is 0 Å². The second-order valence-electron chi connectivity index (χ2n) is 10.1. The monoisotopic (exact) mass is 496 g/mol. The molecule has 1 N–H and O–H groups in total. The van der Waals surface area contributed by atoms with Gasteiger partial charge in [-0.1, -0.05) is 6.07 Å². The van der Waals surface area contributed by atoms with E-state index in [1.54, 1.807) is 16.8 Å². The average molecular weight is 497 g/mol. The third-order valence-electron chi connectivity index (χ3n) is 5.82. The van der Waals surface area contributed by atoms with Crippen LogP contribution in [0.15, 0.2) is 24.5 Å². The molecule has 186 valence electrons. The minimum Gasteiger partial charge on any atom is -0.444 e. The van der Waals surface area contributed by atoms with Crippen LogP contribution >= 0.6 is 11.3 Å². The van der Waals surface area contributed by atoms with Crippen molar-refractivity contribution in [1.82, 2.24) is 24.8 Å². The summed E-state index contributed by atoms with van der Waals surface area (Å²) in [5.74, 6) is 0.233. The second kappa shape index (κ2) is 9.41. The van der Waals surface area contributed by atoms with Crippen LogP contribution in [0.25, 0.3) is 10.2 Å². The summed E-state index contributed by atoms with van der Waals surface area (Å²) in [5.41, 5.74) is 2.64. The van der Waals surface area contributed by atoms with Crippen LogP contribution in [0.3, 0.4) is 0 Å². The van der Waals surface area contributed by atoms with Gasteiger partial charge in [-0.2, -0.15) is 0 Å². The van der Waals surface area contributed by atoms with Crippen LogP contribution in [-0.4, -0.2) is 68.5 Å². The number of hydrogen-bond acceptors (Lipinski definition) is 8. The van der Waals surface area contributed by atoms with Gasteiger partial charge < -0.3 is 19.9 Å². The Morgan fingerprint density at radius 3 is 2.57 bits per heavy atom. The predicted octanol–water partition coefficient (Wildman–Crippen LogP) is 4.57. The highest BCUT2D eigenvalue weighted by atomic mass is 32.1. The zero-order valence-electron chi connectivity index (χ0n) is 21.2. The summed E-state index contributed by atoms with van der Waals surface area (Å²) in [6.45, 7) is 12.4.